The zero-order chi connectivity index (χ0) is 15.1. The summed E-state index contributed by atoms with van der Waals surface area (Å²) in [7, 11) is 0. The maximum Gasteiger partial charge on any atom is 0.270 e. The number of Topliss-reactive ketones (excluding diaryl/α,β-unsaturated/α-hetero) is 1. The van der Waals surface area contributed by atoms with Crippen LogP contribution in [0.4, 0.5) is 5.69 Å². The third-order valence-electron chi connectivity index (χ3n) is 3.46. The van der Waals surface area contributed by atoms with E-state index in [4.69, 9.17) is 0 Å². The average molecular weight is 278 g/mol. The zero-order valence-corrected chi connectivity index (χ0v) is 12.3. The Kier molecular flexibility index (Phi) is 6.31. The minimum absolute atomic E-state index is 0.0409. The van der Waals surface area contributed by atoms with E-state index in [1.807, 2.05) is 6.92 Å². The van der Waals surface area contributed by atoms with Gasteiger partial charge in [0, 0.05) is 24.2 Å². The highest BCUT2D eigenvalue weighted by molar-refractivity contribution is 5.98. The van der Waals surface area contributed by atoms with Crippen LogP contribution >= 0.6 is 0 Å². The van der Waals surface area contributed by atoms with Crippen molar-refractivity contribution in [2.24, 2.45) is 5.92 Å². The molecule has 0 saturated carbocycles. The molecule has 0 aliphatic carbocycles. The first-order valence-corrected chi connectivity index (χ1v) is 6.97. The van der Waals surface area contributed by atoms with E-state index in [-0.39, 0.29) is 11.5 Å². The maximum absolute atomic E-state index is 12.2. The number of carbonyl (C=O) groups excluding carboxylic acids is 1. The van der Waals surface area contributed by atoms with Crippen molar-refractivity contribution < 1.29 is 9.72 Å². The van der Waals surface area contributed by atoms with Crippen molar-refractivity contribution in [3.63, 3.8) is 0 Å². The van der Waals surface area contributed by atoms with E-state index >= 15 is 0 Å². The van der Waals surface area contributed by atoms with Gasteiger partial charge >= 0.3 is 0 Å². The van der Waals surface area contributed by atoms with Crippen molar-refractivity contribution in [1.82, 2.24) is 4.90 Å². The molecule has 0 N–H and O–H groups in total. The number of likely N-dealkylation sites (N-methyl/N-ethyl adjacent to an activating group) is 1. The summed E-state index contributed by atoms with van der Waals surface area (Å²) >= 11 is 0. The van der Waals surface area contributed by atoms with Gasteiger partial charge in [-0.25, -0.2) is 0 Å². The van der Waals surface area contributed by atoms with Crippen LogP contribution in [-0.2, 0) is 0 Å². The molecule has 0 amide bonds. The third kappa shape index (κ3) is 4.74. The Balaban J connectivity index is 2.74. The normalized spacial score (nSPS) is 12.4. The summed E-state index contributed by atoms with van der Waals surface area (Å²) in [6, 6.07) is 5.93. The van der Waals surface area contributed by atoms with E-state index in [0.717, 1.165) is 19.5 Å². The molecule has 0 spiro atoms. The molecule has 0 heterocycles. The molecule has 1 aromatic rings. The van der Waals surface area contributed by atoms with Gasteiger partial charge in [0.05, 0.1) is 11.5 Å². The number of ketones is 1. The zero-order valence-electron chi connectivity index (χ0n) is 12.3. The molecule has 0 saturated heterocycles. The molecule has 0 aromatic heterocycles. The Morgan fingerprint density at radius 2 is 2.10 bits per heavy atom. The molecule has 0 bridgehead atoms. The van der Waals surface area contributed by atoms with Gasteiger partial charge in [-0.15, -0.1) is 0 Å². The molecule has 5 nitrogen and oxygen atoms in total. The number of non-ortho nitro benzene ring substituents is 1. The number of carbonyl (C=O) groups is 1. The summed E-state index contributed by atoms with van der Waals surface area (Å²) in [4.78, 5) is 24.5. The van der Waals surface area contributed by atoms with E-state index in [1.54, 1.807) is 12.1 Å². The van der Waals surface area contributed by atoms with Crippen molar-refractivity contribution in [1.29, 1.82) is 0 Å². The summed E-state index contributed by atoms with van der Waals surface area (Å²) in [5.74, 6) is 0.465. The van der Waals surface area contributed by atoms with Gasteiger partial charge in [-0.3, -0.25) is 19.8 Å². The van der Waals surface area contributed by atoms with Gasteiger partial charge in [-0.05, 0) is 12.5 Å². The molecule has 0 fully saturated rings. The number of hydrogen-bond donors (Lipinski definition) is 0. The van der Waals surface area contributed by atoms with Crippen LogP contribution in [0.15, 0.2) is 24.3 Å². The highest BCUT2D eigenvalue weighted by Crippen LogP contribution is 2.14. The number of rotatable bonds is 8. The SMILES string of the molecule is CCC(C)CN(CC)CC(=O)c1cccc([N+](=O)[O-])c1. The Morgan fingerprint density at radius 1 is 1.40 bits per heavy atom. The first-order valence-electron chi connectivity index (χ1n) is 6.97. The first kappa shape index (κ1) is 16.3. The molecule has 1 aromatic carbocycles. The lowest BCUT2D eigenvalue weighted by Crippen LogP contribution is -2.33. The number of benzene rings is 1. The van der Waals surface area contributed by atoms with Crippen LogP contribution in [0, 0.1) is 16.0 Å². The van der Waals surface area contributed by atoms with Crippen LogP contribution in [0.3, 0.4) is 0 Å². The van der Waals surface area contributed by atoms with Gasteiger partial charge < -0.3 is 0 Å². The molecule has 1 unspecified atom stereocenters. The number of hydrogen-bond acceptors (Lipinski definition) is 4. The quantitative estimate of drug-likeness (QED) is 0.416. The Morgan fingerprint density at radius 3 is 2.65 bits per heavy atom. The Labute approximate surface area is 119 Å². The van der Waals surface area contributed by atoms with E-state index in [1.165, 1.54) is 12.1 Å². The molecule has 110 valence electrons. The summed E-state index contributed by atoms with van der Waals surface area (Å²) in [6.07, 6.45) is 1.07. The Hall–Kier alpha value is -1.75. The summed E-state index contributed by atoms with van der Waals surface area (Å²) in [5.41, 5.74) is 0.364. The fourth-order valence-corrected chi connectivity index (χ4v) is 1.96. The molecule has 0 aliphatic rings. The topological polar surface area (TPSA) is 63.5 Å². The molecule has 1 rings (SSSR count). The van der Waals surface area contributed by atoms with Crippen molar-refractivity contribution >= 4 is 11.5 Å². The average Bonchev–Trinajstić information content (AvgIpc) is 2.46. The molecular formula is C15H22N2O3. The van der Waals surface area contributed by atoms with Gasteiger partial charge in [0.2, 0.25) is 0 Å². The third-order valence-corrected chi connectivity index (χ3v) is 3.46. The van der Waals surface area contributed by atoms with E-state index in [2.05, 4.69) is 18.7 Å². The van der Waals surface area contributed by atoms with Gasteiger partial charge in [0.1, 0.15) is 0 Å². The van der Waals surface area contributed by atoms with Crippen molar-refractivity contribution in [2.75, 3.05) is 19.6 Å². The highest BCUT2D eigenvalue weighted by atomic mass is 16.6. The van der Waals surface area contributed by atoms with E-state index in [0.29, 0.717) is 18.0 Å². The van der Waals surface area contributed by atoms with Crippen molar-refractivity contribution in [3.8, 4) is 0 Å². The lowest BCUT2D eigenvalue weighted by molar-refractivity contribution is -0.384. The number of nitro groups is 1. The maximum atomic E-state index is 12.2. The van der Waals surface area contributed by atoms with E-state index < -0.39 is 4.92 Å². The minimum atomic E-state index is -0.479. The lowest BCUT2D eigenvalue weighted by Gasteiger charge is -2.22. The molecular weight excluding hydrogens is 256 g/mol. The second-order valence-electron chi connectivity index (χ2n) is 5.07. The molecule has 0 aliphatic heterocycles. The van der Waals surface area contributed by atoms with Crippen LogP contribution in [0.5, 0.6) is 0 Å². The smallest absolute Gasteiger partial charge is 0.270 e. The van der Waals surface area contributed by atoms with Crippen LogP contribution in [0.2, 0.25) is 0 Å². The number of nitro benzene ring substituents is 1. The predicted molar refractivity (Wildman–Crippen MR) is 79.0 cm³/mol. The summed E-state index contributed by atoms with van der Waals surface area (Å²) in [5, 5.41) is 10.7. The van der Waals surface area contributed by atoms with Gasteiger partial charge in [-0.1, -0.05) is 39.3 Å². The van der Waals surface area contributed by atoms with Crippen LogP contribution in [-0.4, -0.2) is 35.2 Å². The highest BCUT2D eigenvalue weighted by Gasteiger charge is 2.15. The first-order chi connectivity index (χ1) is 9.47. The molecule has 5 heteroatoms. The second kappa shape index (κ2) is 7.75. The van der Waals surface area contributed by atoms with Crippen LogP contribution < -0.4 is 0 Å². The van der Waals surface area contributed by atoms with Crippen LogP contribution in [0.25, 0.3) is 0 Å². The van der Waals surface area contributed by atoms with Crippen molar-refractivity contribution in [3.05, 3.63) is 39.9 Å². The minimum Gasteiger partial charge on any atom is -0.296 e. The van der Waals surface area contributed by atoms with E-state index in [9.17, 15) is 14.9 Å². The number of nitrogens with zero attached hydrogens (tertiary/aromatic N) is 2. The van der Waals surface area contributed by atoms with Crippen molar-refractivity contribution in [2.45, 2.75) is 27.2 Å². The molecule has 20 heavy (non-hydrogen) atoms. The summed E-state index contributed by atoms with van der Waals surface area (Å²) in [6.45, 7) is 8.27. The Bertz CT molecular complexity index is 474. The fraction of sp³-hybridized carbons (Fsp3) is 0.533. The van der Waals surface area contributed by atoms with Gasteiger partial charge in [0.15, 0.2) is 5.78 Å². The fourth-order valence-electron chi connectivity index (χ4n) is 1.96. The molecule has 1 atom stereocenters. The lowest BCUT2D eigenvalue weighted by atomic mass is 10.1. The van der Waals surface area contributed by atoms with Gasteiger partial charge in [-0.2, -0.15) is 0 Å². The molecule has 0 radical (unpaired) electrons. The largest absolute Gasteiger partial charge is 0.296 e. The van der Waals surface area contributed by atoms with Gasteiger partial charge in [0.25, 0.3) is 5.69 Å². The monoisotopic (exact) mass is 278 g/mol. The second-order valence-corrected chi connectivity index (χ2v) is 5.07. The van der Waals surface area contributed by atoms with Crippen LogP contribution in [0.1, 0.15) is 37.6 Å². The predicted octanol–water partition coefficient (Wildman–Crippen LogP) is 3.15. The standard InChI is InChI=1S/C15H22N2O3/c1-4-12(3)10-16(5-2)11-15(18)13-7-6-8-14(9-13)17(19)20/h6-9,12H,4-5,10-11H2,1-3H3. The summed E-state index contributed by atoms with van der Waals surface area (Å²) < 4.78 is 0.